The molecule has 0 fully saturated rings. The van der Waals surface area contributed by atoms with Crippen molar-refractivity contribution in [2.24, 2.45) is 5.73 Å². The third-order valence-electron chi connectivity index (χ3n) is 3.12. The summed E-state index contributed by atoms with van der Waals surface area (Å²) in [5.41, 5.74) is 5.00. The molecular formula is C15H28NNaO5. The van der Waals surface area contributed by atoms with Gasteiger partial charge >= 0.3 is 106 Å². The van der Waals surface area contributed by atoms with Crippen molar-refractivity contribution in [2.75, 3.05) is 0 Å². The summed E-state index contributed by atoms with van der Waals surface area (Å²) in [4.78, 5) is 30.5. The van der Waals surface area contributed by atoms with Crippen molar-refractivity contribution in [2.45, 2.75) is 77.2 Å². The van der Waals surface area contributed by atoms with Gasteiger partial charge in [-0.3, -0.25) is 9.59 Å². The van der Waals surface area contributed by atoms with Crippen molar-refractivity contribution in [1.82, 2.24) is 0 Å². The zero-order valence-corrected chi connectivity index (χ0v) is 15.8. The number of hydrogen-bond acceptors (Lipinski definition) is 4. The quantitative estimate of drug-likeness (QED) is 0.373. The Balaban J connectivity index is 0. The molecule has 22 heavy (non-hydrogen) atoms. The van der Waals surface area contributed by atoms with Crippen molar-refractivity contribution in [3.05, 3.63) is 0 Å². The third-order valence-corrected chi connectivity index (χ3v) is 3.62. The topological polar surface area (TPSA) is 118 Å². The van der Waals surface area contributed by atoms with Crippen LogP contribution < -0.4 is 5.73 Å². The van der Waals surface area contributed by atoms with E-state index in [1.54, 1.807) is 0 Å². The van der Waals surface area contributed by atoms with Crippen LogP contribution in [-0.4, -0.2) is 59.2 Å². The van der Waals surface area contributed by atoms with E-state index in [4.69, 9.17) is 15.9 Å². The molecule has 0 aromatic heterocycles. The number of carboxylic acids is 2. The van der Waals surface area contributed by atoms with E-state index in [2.05, 4.69) is 6.92 Å². The molecule has 0 saturated heterocycles. The molecule has 0 saturated carbocycles. The van der Waals surface area contributed by atoms with Gasteiger partial charge in [-0.05, 0) is 6.42 Å². The van der Waals surface area contributed by atoms with E-state index in [-0.39, 0.29) is 12.8 Å². The average Bonchev–Trinajstić information content (AvgIpc) is 2.44. The first kappa shape index (κ1) is 23.8. The van der Waals surface area contributed by atoms with E-state index in [0.29, 0.717) is 3.03 Å². The Kier molecular flexibility index (Phi) is 18.3. The molecule has 0 heterocycles. The number of nitrogens with two attached hydrogens (primary N) is 1. The molecule has 0 radical (unpaired) electrons. The number of carbonyl (C=O) groups excluding carboxylic acids is 1. The molecule has 124 valence electrons. The number of rotatable bonds is 12. The molecule has 4 N–H and O–H groups in total. The minimum Gasteiger partial charge on any atom is -0.481 e. The molecular weight excluding hydrogens is 297 g/mol. The van der Waals surface area contributed by atoms with Crippen LogP contribution in [0.4, 0.5) is 0 Å². The van der Waals surface area contributed by atoms with Crippen molar-refractivity contribution in [3.63, 3.8) is 0 Å². The van der Waals surface area contributed by atoms with E-state index in [1.807, 2.05) is 0 Å². The molecule has 0 aromatic rings. The summed E-state index contributed by atoms with van der Waals surface area (Å²) in [7, 11) is 0. The molecule has 1 atom stereocenters. The monoisotopic (exact) mass is 325 g/mol. The Labute approximate surface area is 150 Å². The Bertz CT molecular complexity index is 323. The third kappa shape index (κ3) is 21.9. The molecule has 0 aliphatic heterocycles. The van der Waals surface area contributed by atoms with Gasteiger partial charge in [0.1, 0.15) is 6.04 Å². The summed E-state index contributed by atoms with van der Waals surface area (Å²) in [6.07, 6.45) is 9.78. The number of carboxylic acid groups (broad SMARTS) is 2. The van der Waals surface area contributed by atoms with E-state index >= 15 is 0 Å². The Morgan fingerprint density at radius 1 is 0.955 bits per heavy atom. The maximum absolute atomic E-state index is 10.6. The maximum atomic E-state index is 10.6. The van der Waals surface area contributed by atoms with Gasteiger partial charge < -0.3 is 15.9 Å². The van der Waals surface area contributed by atoms with Crippen LogP contribution in [0.3, 0.4) is 0 Å². The first-order valence-electron chi connectivity index (χ1n) is 8.00. The average molecular weight is 325 g/mol. The van der Waals surface area contributed by atoms with Crippen LogP contribution in [-0.2, 0) is 14.4 Å². The van der Waals surface area contributed by atoms with E-state index in [0.717, 1.165) is 40.8 Å². The molecule has 1 unspecified atom stereocenters. The van der Waals surface area contributed by atoms with Gasteiger partial charge in [0.15, 0.2) is 0 Å². The van der Waals surface area contributed by atoms with E-state index < -0.39 is 18.0 Å². The van der Waals surface area contributed by atoms with Crippen LogP contribution in [0.25, 0.3) is 0 Å². The van der Waals surface area contributed by atoms with Crippen molar-refractivity contribution in [3.8, 4) is 0 Å². The molecule has 0 aliphatic rings. The standard InChI is InChI=1S/C10H19O.C5H9NO4.Na/c1-2-3-4-5-6-7-8-9-10-11;6-3(5(9)10)1-2-4(7)8;/h2-9H2,1H3;3H,1-2,6H2,(H,7,8)(H,9,10);. The Morgan fingerprint density at radius 2 is 1.45 bits per heavy atom. The summed E-state index contributed by atoms with van der Waals surface area (Å²) >= 11 is 0.750. The largest absolute Gasteiger partial charge is 0.481 e. The number of carbonyl (C=O) groups is 3. The number of aliphatic carboxylic acids is 2. The second-order valence-corrected chi connectivity index (χ2v) is 6.57. The Morgan fingerprint density at radius 3 is 1.86 bits per heavy atom. The SMILES string of the molecule is CCCCCCCCC[C](=O)[Na].NC(CCC(=O)O)C(=O)O. The van der Waals surface area contributed by atoms with Gasteiger partial charge in [0.25, 0.3) is 0 Å². The minimum absolute atomic E-state index is 0.0231. The molecule has 0 aromatic carbocycles. The van der Waals surface area contributed by atoms with Gasteiger partial charge in [0.05, 0.1) is 0 Å². The molecule has 0 spiro atoms. The number of unbranched alkanes of at least 4 members (excludes halogenated alkanes) is 6. The van der Waals surface area contributed by atoms with Gasteiger partial charge in [-0.2, -0.15) is 0 Å². The van der Waals surface area contributed by atoms with Crippen LogP contribution in [0, 0.1) is 0 Å². The summed E-state index contributed by atoms with van der Waals surface area (Å²) in [5, 5.41) is 16.3. The fourth-order valence-corrected chi connectivity index (χ4v) is 2.09. The summed E-state index contributed by atoms with van der Waals surface area (Å²) in [6, 6.07) is -1.06. The van der Waals surface area contributed by atoms with Gasteiger partial charge in [-0.1, -0.05) is 0 Å². The van der Waals surface area contributed by atoms with Gasteiger partial charge in [0.2, 0.25) is 0 Å². The second kappa shape index (κ2) is 16.9. The predicted octanol–water partition coefficient (Wildman–Crippen LogP) is 2.09. The van der Waals surface area contributed by atoms with E-state index in [9.17, 15) is 14.4 Å². The second-order valence-electron chi connectivity index (χ2n) is 5.45. The Hall–Kier alpha value is -0.430. The van der Waals surface area contributed by atoms with Gasteiger partial charge in [-0.15, -0.1) is 0 Å². The van der Waals surface area contributed by atoms with Crippen LogP contribution >= 0.6 is 0 Å². The van der Waals surface area contributed by atoms with E-state index in [1.165, 1.54) is 38.5 Å². The van der Waals surface area contributed by atoms with Crippen molar-refractivity contribution in [1.29, 1.82) is 0 Å². The summed E-state index contributed by atoms with van der Waals surface area (Å²) in [5.74, 6) is -2.20. The molecule has 0 rings (SSSR count). The zero-order valence-electron chi connectivity index (χ0n) is 13.8. The van der Waals surface area contributed by atoms with Gasteiger partial charge in [-0.25, -0.2) is 0 Å². The van der Waals surface area contributed by atoms with Crippen LogP contribution in [0.5, 0.6) is 0 Å². The first-order valence-corrected chi connectivity index (χ1v) is 9.00. The normalized spacial score (nSPS) is 11.3. The zero-order chi connectivity index (χ0) is 17.4. The summed E-state index contributed by atoms with van der Waals surface area (Å²) in [6.45, 7) is 2.24. The predicted molar refractivity (Wildman–Crippen MR) is 85.9 cm³/mol. The minimum atomic E-state index is -1.17. The molecule has 6 nitrogen and oxygen atoms in total. The van der Waals surface area contributed by atoms with Gasteiger partial charge in [0, 0.05) is 6.42 Å². The molecule has 7 heteroatoms. The first-order chi connectivity index (χ1) is 10.3. The number of hydrogen-bond donors (Lipinski definition) is 3. The molecule has 0 bridgehead atoms. The smallest absolute Gasteiger partial charge is 0.320 e. The van der Waals surface area contributed by atoms with Crippen LogP contribution in [0.15, 0.2) is 0 Å². The molecule has 0 aliphatic carbocycles. The van der Waals surface area contributed by atoms with Crippen molar-refractivity contribution >= 4 is 42.9 Å². The maximum Gasteiger partial charge on any atom is 0.320 e. The molecule has 0 amide bonds. The van der Waals surface area contributed by atoms with Crippen LogP contribution in [0.1, 0.15) is 71.1 Å². The van der Waals surface area contributed by atoms with Crippen LogP contribution in [0.2, 0.25) is 0 Å². The fraction of sp³-hybridized carbons (Fsp3) is 0.800. The van der Waals surface area contributed by atoms with Crippen molar-refractivity contribution < 1.29 is 24.6 Å². The fourth-order valence-electron chi connectivity index (χ4n) is 1.73. The summed E-state index contributed by atoms with van der Waals surface area (Å²) < 4.78 is 0.476.